The highest BCUT2D eigenvalue weighted by Gasteiger charge is 2.48. The Morgan fingerprint density at radius 1 is 1.14 bits per heavy atom. The van der Waals surface area contributed by atoms with Crippen molar-refractivity contribution < 1.29 is 9.47 Å². The maximum atomic E-state index is 6.87. The fourth-order valence-electron chi connectivity index (χ4n) is 9.97. The number of allylic oxidation sites excluding steroid dienone is 5. The van der Waals surface area contributed by atoms with Gasteiger partial charge in [-0.3, -0.25) is 4.90 Å². The molecule has 306 valence electrons. The number of piperazine rings is 1. The second-order valence-corrected chi connectivity index (χ2v) is 18.8. The first kappa shape index (κ1) is 41.0. The van der Waals surface area contributed by atoms with E-state index in [0.717, 1.165) is 70.4 Å². The van der Waals surface area contributed by atoms with E-state index in [-0.39, 0.29) is 5.60 Å². The van der Waals surface area contributed by atoms with Gasteiger partial charge in [0.25, 0.3) is 0 Å². The van der Waals surface area contributed by atoms with Gasteiger partial charge < -0.3 is 29.3 Å². The molecule has 3 aliphatic carbocycles. The maximum absolute atomic E-state index is 6.87. The molecule has 3 heterocycles. The molecule has 7 atom stereocenters. The summed E-state index contributed by atoms with van der Waals surface area (Å²) in [6, 6.07) is 7.07. The molecule has 2 bridgehead atoms. The maximum Gasteiger partial charge on any atom is 0.143 e. The van der Waals surface area contributed by atoms with Crippen LogP contribution in [0, 0.1) is 29.6 Å². The van der Waals surface area contributed by atoms with Crippen molar-refractivity contribution in [1.29, 1.82) is 0 Å². The van der Waals surface area contributed by atoms with Crippen LogP contribution in [0.1, 0.15) is 91.0 Å². The third kappa shape index (κ3) is 8.95. The average Bonchev–Trinajstić information content (AvgIpc) is 3.35. The number of nitrogens with zero attached hydrogens (tertiary/aromatic N) is 4. The number of fused-ring (bicyclic) bond motifs is 2. The van der Waals surface area contributed by atoms with E-state index >= 15 is 0 Å². The predicted molar refractivity (Wildman–Crippen MR) is 237 cm³/mol. The zero-order valence-electron chi connectivity index (χ0n) is 35.3. The van der Waals surface area contributed by atoms with Crippen LogP contribution >= 0.6 is 11.9 Å². The van der Waals surface area contributed by atoms with E-state index in [2.05, 4.69) is 107 Å². The number of nitrogens with one attached hydrogen (secondary N) is 2. The van der Waals surface area contributed by atoms with Crippen LogP contribution in [0.3, 0.4) is 0 Å². The molecular formula is C47H70N6O2S. The van der Waals surface area contributed by atoms with Gasteiger partial charge in [-0.05, 0) is 123 Å². The molecule has 0 radical (unpaired) electrons. The van der Waals surface area contributed by atoms with Gasteiger partial charge in [0.15, 0.2) is 0 Å². The molecule has 2 saturated carbocycles. The zero-order chi connectivity index (χ0) is 39.2. The molecule has 9 heteroatoms. The number of rotatable bonds is 9. The Balaban J connectivity index is 1.24. The van der Waals surface area contributed by atoms with Gasteiger partial charge in [0.05, 0.1) is 18.0 Å². The highest BCUT2D eigenvalue weighted by Crippen LogP contribution is 2.48. The molecule has 0 aromatic heterocycles. The molecule has 2 N–H and O–H groups in total. The number of aliphatic imine (C=N–C) groups is 1. The molecule has 8 nitrogen and oxygen atoms in total. The SMILES string of the molecule is C=N/C(=C\NC)N1CCN(C[C@]2(OC)/C=C/C[C@H](C)C(C)SNC(=C3CCC3)c3ccc4c(c3)N(C[C@H](C3=C(CCC)CC(C)C=C3)CO4)C[C@@H]3CC[C@H]32)CC1. The summed E-state index contributed by atoms with van der Waals surface area (Å²) in [6.45, 7) is 20.7. The van der Waals surface area contributed by atoms with Gasteiger partial charge in [0.2, 0.25) is 0 Å². The van der Waals surface area contributed by atoms with Crippen molar-refractivity contribution in [2.75, 3.05) is 71.5 Å². The zero-order valence-corrected chi connectivity index (χ0v) is 36.1. The van der Waals surface area contributed by atoms with Gasteiger partial charge in [-0.2, -0.15) is 0 Å². The van der Waals surface area contributed by atoms with E-state index < -0.39 is 0 Å². The molecule has 0 spiro atoms. The first-order valence-corrected chi connectivity index (χ1v) is 22.7. The van der Waals surface area contributed by atoms with Crippen LogP contribution in [0.15, 0.2) is 76.2 Å². The van der Waals surface area contributed by atoms with Crippen LogP contribution in [0.2, 0.25) is 0 Å². The van der Waals surface area contributed by atoms with Crippen LogP contribution in [0.5, 0.6) is 5.75 Å². The van der Waals surface area contributed by atoms with Crippen LogP contribution in [0.4, 0.5) is 5.69 Å². The van der Waals surface area contributed by atoms with Crippen molar-refractivity contribution in [2.45, 2.75) is 96.3 Å². The highest BCUT2D eigenvalue weighted by molar-refractivity contribution is 7.98. The van der Waals surface area contributed by atoms with Gasteiger partial charge in [0, 0.05) is 82.9 Å². The molecule has 1 saturated heterocycles. The molecule has 1 aromatic rings. The Labute approximate surface area is 343 Å². The Bertz CT molecular complexity index is 1690. The van der Waals surface area contributed by atoms with Crippen LogP contribution in [-0.4, -0.2) is 93.9 Å². The van der Waals surface area contributed by atoms with Gasteiger partial charge in [-0.15, -0.1) is 0 Å². The average molecular weight is 783 g/mol. The topological polar surface area (TPSA) is 64.6 Å². The smallest absolute Gasteiger partial charge is 0.143 e. The lowest BCUT2D eigenvalue weighted by Gasteiger charge is -2.52. The monoisotopic (exact) mass is 783 g/mol. The summed E-state index contributed by atoms with van der Waals surface area (Å²) >= 11 is 1.90. The number of hydrogen-bond acceptors (Lipinski definition) is 9. The second kappa shape index (κ2) is 18.6. The largest absolute Gasteiger partial charge is 0.491 e. The van der Waals surface area contributed by atoms with E-state index in [0.29, 0.717) is 34.8 Å². The fourth-order valence-corrected chi connectivity index (χ4v) is 10.9. The molecule has 3 aliphatic heterocycles. The summed E-state index contributed by atoms with van der Waals surface area (Å²) in [5.41, 5.74) is 8.27. The van der Waals surface area contributed by atoms with E-state index in [9.17, 15) is 0 Å². The predicted octanol–water partition coefficient (Wildman–Crippen LogP) is 9.06. The summed E-state index contributed by atoms with van der Waals surface area (Å²) in [6.07, 6.45) is 22.5. The van der Waals surface area contributed by atoms with Crippen molar-refractivity contribution in [3.8, 4) is 5.75 Å². The van der Waals surface area contributed by atoms with Crippen LogP contribution < -0.4 is 19.7 Å². The van der Waals surface area contributed by atoms with Gasteiger partial charge in [-0.1, -0.05) is 64.0 Å². The molecule has 3 fully saturated rings. The van der Waals surface area contributed by atoms with Gasteiger partial charge >= 0.3 is 0 Å². The first-order valence-electron chi connectivity index (χ1n) is 21.9. The van der Waals surface area contributed by atoms with Gasteiger partial charge in [-0.25, -0.2) is 4.99 Å². The molecule has 7 rings (SSSR count). The molecule has 1 aromatic carbocycles. The number of benzene rings is 1. The van der Waals surface area contributed by atoms with E-state index in [4.69, 9.17) is 9.47 Å². The summed E-state index contributed by atoms with van der Waals surface area (Å²) in [5, 5.41) is 3.59. The minimum atomic E-state index is -0.357. The van der Waals surface area contributed by atoms with Crippen LogP contribution in [-0.2, 0) is 4.74 Å². The van der Waals surface area contributed by atoms with Gasteiger partial charge in [0.1, 0.15) is 17.2 Å². The first-order chi connectivity index (χ1) is 27.2. The Kier molecular flexibility index (Phi) is 13.7. The number of hydrogen-bond donors (Lipinski definition) is 2. The number of methoxy groups -OCH3 is 1. The van der Waals surface area contributed by atoms with Crippen molar-refractivity contribution in [3.05, 3.63) is 76.8 Å². The summed E-state index contributed by atoms with van der Waals surface area (Å²) in [4.78, 5) is 12.0. The minimum absolute atomic E-state index is 0.330. The van der Waals surface area contributed by atoms with E-state index in [1.54, 1.807) is 11.1 Å². The summed E-state index contributed by atoms with van der Waals surface area (Å²) < 4.78 is 17.7. The third-order valence-corrected chi connectivity index (χ3v) is 15.0. The molecule has 0 amide bonds. The molecule has 56 heavy (non-hydrogen) atoms. The molecule has 6 aliphatic rings. The normalized spacial score (nSPS) is 32.4. The van der Waals surface area contributed by atoms with E-state index in [1.807, 2.05) is 32.3 Å². The third-order valence-electron chi connectivity index (χ3n) is 13.9. The Morgan fingerprint density at radius 3 is 2.64 bits per heavy atom. The second-order valence-electron chi connectivity index (χ2n) is 17.6. The quantitative estimate of drug-likeness (QED) is 0.146. The molecule has 2 unspecified atom stereocenters. The standard InChI is InChI=1S/C47H70N6O2S/c1-8-11-37-26-33(2)15-18-41(37)40-30-53-29-39-16-19-42(39)47(54-7,32-51-22-24-52(25-23-51)45(49-6)28-48-5)21-10-12-34(3)35(4)56-50-46(36-13-9-14-36)38-17-20-44(55-31-40)43(53)27-38/h10,15,17-18,20-21,27-28,33-35,39-40,42,48,50H,6,8-9,11-14,16,19,22-26,29-32H2,1-5,7H3/b21-10+,45-28+/t33?,34-,35?,39-,40-,42+,47+/m0/s1. The fraction of sp³-hybridized carbons (Fsp3) is 0.638. The van der Waals surface area contributed by atoms with E-state index in [1.165, 1.54) is 73.9 Å². The Morgan fingerprint density at radius 2 is 1.96 bits per heavy atom. The van der Waals surface area contributed by atoms with Crippen LogP contribution in [0.25, 0.3) is 5.70 Å². The van der Waals surface area contributed by atoms with Crippen molar-refractivity contribution in [1.82, 2.24) is 19.8 Å². The highest BCUT2D eigenvalue weighted by atomic mass is 32.2. The number of ether oxygens (including phenoxy) is 2. The summed E-state index contributed by atoms with van der Waals surface area (Å²) in [7, 11) is 3.90. The lowest BCUT2D eigenvalue weighted by atomic mass is 9.63. The Hall–Kier alpha value is -3.14. The molecular weight excluding hydrogens is 713 g/mol. The lowest BCUT2D eigenvalue weighted by Crippen LogP contribution is -2.58. The lowest BCUT2D eigenvalue weighted by molar-refractivity contribution is -0.0947. The minimum Gasteiger partial charge on any atom is -0.491 e. The number of anilines is 1. The summed E-state index contributed by atoms with van der Waals surface area (Å²) in [5.74, 6) is 4.34. The van der Waals surface area contributed by atoms with Crippen molar-refractivity contribution in [3.63, 3.8) is 0 Å². The van der Waals surface area contributed by atoms with Crippen molar-refractivity contribution >= 4 is 30.0 Å². The van der Waals surface area contributed by atoms with Crippen molar-refractivity contribution in [2.24, 2.45) is 34.6 Å².